The molecule has 1 aliphatic rings. The van der Waals surface area contributed by atoms with Crippen molar-refractivity contribution in [3.05, 3.63) is 58.5 Å². The summed E-state index contributed by atoms with van der Waals surface area (Å²) < 4.78 is 46.4. The SMILES string of the molecule is CC(C)(C)[C@@H]1Cn2ncc(-c3ccccc3OC(F)(F)F)c2-c2cc(=O)c(C(=O)O)cn21. The maximum atomic E-state index is 13.0. The number of fused-ring (bicyclic) bond motifs is 3. The summed E-state index contributed by atoms with van der Waals surface area (Å²) in [6.07, 6.45) is -2.15. The molecule has 2 aromatic heterocycles. The molecule has 32 heavy (non-hydrogen) atoms. The van der Waals surface area contributed by atoms with Crippen molar-refractivity contribution in [1.82, 2.24) is 14.3 Å². The number of para-hydroxylation sites is 1. The fourth-order valence-corrected chi connectivity index (χ4v) is 3.99. The quantitative estimate of drug-likeness (QED) is 0.635. The molecule has 0 bridgehead atoms. The van der Waals surface area contributed by atoms with Gasteiger partial charge in [0.15, 0.2) is 5.43 Å². The molecule has 0 spiro atoms. The molecule has 1 atom stereocenters. The Labute approximate surface area is 180 Å². The summed E-state index contributed by atoms with van der Waals surface area (Å²) in [5.74, 6) is -1.74. The van der Waals surface area contributed by atoms with Gasteiger partial charge >= 0.3 is 12.3 Å². The van der Waals surface area contributed by atoms with Crippen LogP contribution in [0.3, 0.4) is 0 Å². The highest BCUT2D eigenvalue weighted by atomic mass is 19.4. The Balaban J connectivity index is 1.98. The largest absolute Gasteiger partial charge is 0.573 e. The Kier molecular flexibility index (Phi) is 4.91. The molecule has 1 aliphatic heterocycles. The van der Waals surface area contributed by atoms with E-state index in [4.69, 9.17) is 0 Å². The summed E-state index contributed by atoms with van der Waals surface area (Å²) in [7, 11) is 0. The van der Waals surface area contributed by atoms with Crippen molar-refractivity contribution in [3.8, 4) is 28.3 Å². The highest BCUT2D eigenvalue weighted by molar-refractivity contribution is 5.88. The summed E-state index contributed by atoms with van der Waals surface area (Å²) in [5.41, 5.74) is -0.121. The normalized spacial score (nSPS) is 15.8. The predicted molar refractivity (Wildman–Crippen MR) is 109 cm³/mol. The van der Waals surface area contributed by atoms with Crippen LogP contribution < -0.4 is 10.2 Å². The van der Waals surface area contributed by atoms with Crippen LogP contribution in [0.4, 0.5) is 13.2 Å². The Morgan fingerprint density at radius 1 is 1.19 bits per heavy atom. The van der Waals surface area contributed by atoms with Crippen molar-refractivity contribution in [2.24, 2.45) is 5.41 Å². The second kappa shape index (κ2) is 7.25. The lowest BCUT2D eigenvalue weighted by molar-refractivity contribution is -0.274. The molecule has 0 fully saturated rings. The minimum absolute atomic E-state index is 0.154. The van der Waals surface area contributed by atoms with E-state index >= 15 is 0 Å². The molecule has 0 amide bonds. The molecule has 0 radical (unpaired) electrons. The highest BCUT2D eigenvalue weighted by Crippen LogP contribution is 2.44. The van der Waals surface area contributed by atoms with Crippen molar-refractivity contribution in [2.45, 2.75) is 39.7 Å². The zero-order valence-electron chi connectivity index (χ0n) is 17.5. The van der Waals surface area contributed by atoms with Crippen molar-refractivity contribution in [2.75, 3.05) is 0 Å². The van der Waals surface area contributed by atoms with Crippen LogP contribution in [0.1, 0.15) is 37.2 Å². The van der Waals surface area contributed by atoms with Crippen LogP contribution in [0.5, 0.6) is 5.75 Å². The van der Waals surface area contributed by atoms with Crippen molar-refractivity contribution in [3.63, 3.8) is 0 Å². The average Bonchev–Trinajstić information content (AvgIpc) is 3.09. The zero-order chi connectivity index (χ0) is 23.4. The van der Waals surface area contributed by atoms with Crippen LogP contribution in [-0.2, 0) is 6.54 Å². The van der Waals surface area contributed by atoms with Gasteiger partial charge < -0.3 is 14.4 Å². The maximum absolute atomic E-state index is 13.0. The number of aromatic carboxylic acids is 1. The topological polar surface area (TPSA) is 86.3 Å². The van der Waals surface area contributed by atoms with Crippen LogP contribution in [0, 0.1) is 5.41 Å². The van der Waals surface area contributed by atoms with E-state index in [2.05, 4.69) is 9.84 Å². The highest BCUT2D eigenvalue weighted by Gasteiger charge is 2.37. The van der Waals surface area contributed by atoms with E-state index in [9.17, 15) is 27.9 Å². The molecule has 0 saturated carbocycles. The van der Waals surface area contributed by atoms with Crippen LogP contribution in [-0.4, -0.2) is 31.8 Å². The molecular weight excluding hydrogens is 427 g/mol. The smallest absolute Gasteiger partial charge is 0.477 e. The fourth-order valence-electron chi connectivity index (χ4n) is 3.99. The molecule has 3 heterocycles. The number of hydrogen-bond acceptors (Lipinski definition) is 4. The molecule has 1 N–H and O–H groups in total. The van der Waals surface area contributed by atoms with E-state index in [0.29, 0.717) is 23.5 Å². The number of halogens is 3. The van der Waals surface area contributed by atoms with E-state index < -0.39 is 23.5 Å². The maximum Gasteiger partial charge on any atom is 0.573 e. The monoisotopic (exact) mass is 447 g/mol. The van der Waals surface area contributed by atoms with Gasteiger partial charge in [0.1, 0.15) is 11.3 Å². The number of rotatable bonds is 3. The van der Waals surface area contributed by atoms with Gasteiger partial charge in [-0.2, -0.15) is 5.10 Å². The zero-order valence-corrected chi connectivity index (χ0v) is 17.5. The first-order valence-electron chi connectivity index (χ1n) is 9.77. The molecule has 4 rings (SSSR count). The van der Waals surface area contributed by atoms with Gasteiger partial charge in [-0.15, -0.1) is 13.2 Å². The van der Waals surface area contributed by atoms with Gasteiger partial charge in [-0.3, -0.25) is 9.48 Å². The molecule has 1 aromatic carbocycles. The number of carbonyl (C=O) groups is 1. The predicted octanol–water partition coefficient (Wildman–Crippen LogP) is 4.58. The Morgan fingerprint density at radius 3 is 2.50 bits per heavy atom. The van der Waals surface area contributed by atoms with E-state index in [1.54, 1.807) is 15.3 Å². The number of aromatic nitrogens is 3. The number of ether oxygens (including phenoxy) is 1. The molecule has 0 saturated heterocycles. The molecule has 0 unspecified atom stereocenters. The molecule has 168 valence electrons. The summed E-state index contributed by atoms with van der Waals surface area (Å²) in [6, 6.07) is 6.62. The van der Waals surface area contributed by atoms with Crippen LogP contribution >= 0.6 is 0 Å². The summed E-state index contributed by atoms with van der Waals surface area (Å²) in [6.45, 7) is 6.27. The Bertz CT molecular complexity index is 1270. The molecule has 7 nitrogen and oxygen atoms in total. The third kappa shape index (κ3) is 3.76. The second-order valence-electron chi connectivity index (χ2n) is 8.66. The van der Waals surface area contributed by atoms with Gasteiger partial charge in [0, 0.05) is 23.4 Å². The van der Waals surface area contributed by atoms with Gasteiger partial charge in [-0.05, 0) is 11.5 Å². The van der Waals surface area contributed by atoms with Crippen molar-refractivity contribution in [1.29, 1.82) is 0 Å². The third-order valence-electron chi connectivity index (χ3n) is 5.48. The number of pyridine rings is 1. The molecule has 0 aliphatic carbocycles. The van der Waals surface area contributed by atoms with E-state index in [1.165, 1.54) is 36.7 Å². The van der Waals surface area contributed by atoms with Gasteiger partial charge in [-0.25, -0.2) is 4.79 Å². The molecular formula is C22H20F3N3O4. The van der Waals surface area contributed by atoms with Crippen LogP contribution in [0.2, 0.25) is 0 Å². The number of nitrogens with zero attached hydrogens (tertiary/aromatic N) is 3. The van der Waals surface area contributed by atoms with Crippen LogP contribution in [0.15, 0.2) is 47.5 Å². The van der Waals surface area contributed by atoms with Crippen LogP contribution in [0.25, 0.3) is 22.5 Å². The number of carboxylic acid groups (broad SMARTS) is 1. The minimum atomic E-state index is -4.88. The van der Waals surface area contributed by atoms with E-state index in [-0.39, 0.29) is 22.6 Å². The molecule has 10 heteroatoms. The molecule has 3 aromatic rings. The van der Waals surface area contributed by atoms with E-state index in [0.717, 1.165) is 0 Å². The number of hydrogen-bond donors (Lipinski definition) is 1. The Hall–Kier alpha value is -3.56. The van der Waals surface area contributed by atoms with Crippen molar-refractivity contribution < 1.29 is 27.8 Å². The standard InChI is InChI=1S/C22H20F3N3O4/c1-21(2,3)18-11-28-19(15-8-16(29)14(20(30)31)10-27(15)18)13(9-26-28)12-6-4-5-7-17(12)32-22(23,24)25/h4-10,18H,11H2,1-3H3,(H,30,31)/t18-/m0/s1. The second-order valence-corrected chi connectivity index (χ2v) is 8.66. The fraction of sp³-hybridized carbons (Fsp3) is 0.318. The number of benzene rings is 1. The first-order chi connectivity index (χ1) is 14.9. The summed E-state index contributed by atoms with van der Waals surface area (Å²) in [5, 5.41) is 13.8. The first kappa shape index (κ1) is 21.7. The lowest BCUT2D eigenvalue weighted by Gasteiger charge is -2.38. The van der Waals surface area contributed by atoms with Gasteiger partial charge in [0.2, 0.25) is 0 Å². The van der Waals surface area contributed by atoms with Gasteiger partial charge in [0.25, 0.3) is 0 Å². The third-order valence-corrected chi connectivity index (χ3v) is 5.48. The first-order valence-corrected chi connectivity index (χ1v) is 9.77. The lowest BCUT2D eigenvalue weighted by Crippen LogP contribution is -2.35. The Morgan fingerprint density at radius 2 is 1.88 bits per heavy atom. The average molecular weight is 447 g/mol. The summed E-state index contributed by atoms with van der Waals surface area (Å²) >= 11 is 0. The summed E-state index contributed by atoms with van der Waals surface area (Å²) in [4.78, 5) is 24.1. The van der Waals surface area contributed by atoms with Crippen molar-refractivity contribution >= 4 is 5.97 Å². The number of alkyl halides is 3. The number of carboxylic acids is 1. The lowest BCUT2D eigenvalue weighted by atomic mass is 9.84. The van der Waals surface area contributed by atoms with E-state index in [1.807, 2.05) is 20.8 Å². The van der Waals surface area contributed by atoms with Gasteiger partial charge in [-0.1, -0.05) is 39.0 Å². The minimum Gasteiger partial charge on any atom is -0.477 e. The van der Waals surface area contributed by atoms with Gasteiger partial charge in [0.05, 0.1) is 30.2 Å².